The first-order valence-electron chi connectivity index (χ1n) is 8.25. The normalized spacial score (nSPS) is 17.2. The number of fused-ring (bicyclic) bond motifs is 1. The zero-order chi connectivity index (χ0) is 16.5. The van der Waals surface area contributed by atoms with E-state index in [-0.39, 0.29) is 18.0 Å². The van der Waals surface area contributed by atoms with E-state index in [9.17, 15) is 9.90 Å². The predicted molar refractivity (Wildman–Crippen MR) is 100 cm³/mol. The van der Waals surface area contributed by atoms with Crippen LogP contribution in [0.2, 0.25) is 0 Å². The summed E-state index contributed by atoms with van der Waals surface area (Å²) in [5, 5.41) is 18.0. The van der Waals surface area contributed by atoms with E-state index in [4.69, 9.17) is 0 Å². The topological polar surface area (TPSA) is 67.2 Å². The Morgan fingerprint density at radius 3 is 2.68 bits per heavy atom. The van der Waals surface area contributed by atoms with E-state index >= 15 is 0 Å². The van der Waals surface area contributed by atoms with E-state index < -0.39 is 5.97 Å². The summed E-state index contributed by atoms with van der Waals surface area (Å²) in [6, 6.07) is 13.6. The predicted octanol–water partition coefficient (Wildman–Crippen LogP) is 3.61. The first-order chi connectivity index (χ1) is 11.7. The van der Waals surface area contributed by atoms with Gasteiger partial charge in [-0.25, -0.2) is 9.48 Å². The molecule has 2 N–H and O–H groups in total. The van der Waals surface area contributed by atoms with Gasteiger partial charge in [-0.05, 0) is 49.1 Å². The van der Waals surface area contributed by atoms with Gasteiger partial charge < -0.3 is 10.4 Å². The van der Waals surface area contributed by atoms with Crippen LogP contribution in [0.3, 0.4) is 0 Å². The van der Waals surface area contributed by atoms with Crippen molar-refractivity contribution in [3.63, 3.8) is 0 Å². The van der Waals surface area contributed by atoms with Crippen molar-refractivity contribution in [1.29, 1.82) is 0 Å². The van der Waals surface area contributed by atoms with E-state index in [1.54, 1.807) is 16.8 Å². The molecule has 0 spiro atoms. The molecule has 0 unspecified atom stereocenters. The Labute approximate surface area is 152 Å². The minimum Gasteiger partial charge on any atom is -0.478 e. The molecule has 2 heterocycles. The fourth-order valence-electron chi connectivity index (χ4n) is 3.39. The molecule has 2 aromatic carbocycles. The molecule has 1 aliphatic rings. The Morgan fingerprint density at radius 1 is 1.20 bits per heavy atom. The summed E-state index contributed by atoms with van der Waals surface area (Å²) in [4.78, 5) is 11.3. The van der Waals surface area contributed by atoms with Crippen LogP contribution in [0, 0.1) is 0 Å². The molecular weight excluding hydrogens is 338 g/mol. The van der Waals surface area contributed by atoms with Crippen LogP contribution in [0.25, 0.3) is 16.6 Å². The average molecular weight is 358 g/mol. The Morgan fingerprint density at radius 2 is 2.00 bits per heavy atom. The van der Waals surface area contributed by atoms with Crippen molar-refractivity contribution in [1.82, 2.24) is 15.1 Å². The molecule has 0 radical (unpaired) electrons. The van der Waals surface area contributed by atoms with Gasteiger partial charge in [0.15, 0.2) is 0 Å². The van der Waals surface area contributed by atoms with Gasteiger partial charge in [-0.1, -0.05) is 24.3 Å². The molecule has 25 heavy (non-hydrogen) atoms. The summed E-state index contributed by atoms with van der Waals surface area (Å²) >= 11 is 0. The van der Waals surface area contributed by atoms with Crippen LogP contribution in [-0.4, -0.2) is 33.9 Å². The Hall–Kier alpha value is -2.37. The number of piperidine rings is 1. The molecule has 1 fully saturated rings. The van der Waals surface area contributed by atoms with E-state index in [0.717, 1.165) is 24.2 Å². The number of carbonyl (C=O) groups is 1. The standard InChI is InChI=1S/C19H19N3O2.ClH/c23-19(24)17-5-1-3-15-12-22(21-18(15)17)16-8-6-13(7-9-16)14-4-2-10-20-11-14;/h1,3,5-9,12,14,20H,2,4,10-11H2,(H,23,24);1H/t14-;/m1./s1. The third-order valence-electron chi connectivity index (χ3n) is 4.69. The molecule has 0 saturated carbocycles. The molecule has 1 atom stereocenters. The van der Waals surface area contributed by atoms with E-state index in [1.165, 1.54) is 18.4 Å². The quantitative estimate of drug-likeness (QED) is 0.751. The number of halogens is 1. The zero-order valence-electron chi connectivity index (χ0n) is 13.7. The van der Waals surface area contributed by atoms with Crippen LogP contribution in [0.1, 0.15) is 34.7 Å². The third kappa shape index (κ3) is 3.38. The molecule has 0 aliphatic carbocycles. The maximum atomic E-state index is 11.3. The van der Waals surface area contributed by atoms with Crippen LogP contribution in [0.15, 0.2) is 48.7 Å². The minimum absolute atomic E-state index is 0. The van der Waals surface area contributed by atoms with Gasteiger partial charge in [-0.2, -0.15) is 5.10 Å². The highest BCUT2D eigenvalue weighted by Crippen LogP contribution is 2.25. The van der Waals surface area contributed by atoms with Gasteiger partial charge in [0, 0.05) is 18.1 Å². The first kappa shape index (κ1) is 17.5. The molecular formula is C19H20ClN3O2. The first-order valence-corrected chi connectivity index (χ1v) is 8.25. The van der Waals surface area contributed by atoms with Gasteiger partial charge in [0.1, 0.15) is 5.52 Å². The van der Waals surface area contributed by atoms with Crippen LogP contribution in [0.5, 0.6) is 0 Å². The maximum absolute atomic E-state index is 11.3. The number of aromatic carboxylic acids is 1. The Balaban J connectivity index is 0.00000182. The minimum atomic E-state index is -0.953. The second-order valence-corrected chi connectivity index (χ2v) is 6.26. The fraction of sp³-hybridized carbons (Fsp3) is 0.263. The second-order valence-electron chi connectivity index (χ2n) is 6.26. The lowest BCUT2D eigenvalue weighted by Gasteiger charge is -2.23. The molecule has 1 aliphatic heterocycles. The number of nitrogens with zero attached hydrogens (tertiary/aromatic N) is 2. The van der Waals surface area contributed by atoms with Crippen LogP contribution < -0.4 is 5.32 Å². The summed E-state index contributed by atoms with van der Waals surface area (Å²) < 4.78 is 1.75. The van der Waals surface area contributed by atoms with Crippen LogP contribution in [0.4, 0.5) is 0 Å². The van der Waals surface area contributed by atoms with Gasteiger partial charge in [-0.3, -0.25) is 0 Å². The molecule has 4 rings (SSSR count). The molecule has 1 aromatic heterocycles. The summed E-state index contributed by atoms with van der Waals surface area (Å²) in [7, 11) is 0. The molecule has 0 amide bonds. The largest absolute Gasteiger partial charge is 0.478 e. The summed E-state index contributed by atoms with van der Waals surface area (Å²) in [6.45, 7) is 2.15. The van der Waals surface area contributed by atoms with Crippen molar-refractivity contribution < 1.29 is 9.90 Å². The lowest BCUT2D eigenvalue weighted by molar-refractivity contribution is 0.0699. The van der Waals surface area contributed by atoms with Gasteiger partial charge in [-0.15, -0.1) is 12.4 Å². The number of nitrogens with one attached hydrogen (secondary N) is 1. The molecule has 3 aromatic rings. The summed E-state index contributed by atoms with van der Waals surface area (Å²) in [5.74, 6) is -0.380. The monoisotopic (exact) mass is 357 g/mol. The number of benzene rings is 2. The number of rotatable bonds is 3. The van der Waals surface area contributed by atoms with Gasteiger partial charge in [0.25, 0.3) is 0 Å². The number of hydrogen-bond donors (Lipinski definition) is 2. The highest BCUT2D eigenvalue weighted by Gasteiger charge is 2.15. The van der Waals surface area contributed by atoms with Crippen molar-refractivity contribution in [2.24, 2.45) is 0 Å². The van der Waals surface area contributed by atoms with Crippen molar-refractivity contribution in [3.05, 3.63) is 59.8 Å². The van der Waals surface area contributed by atoms with Crippen LogP contribution >= 0.6 is 12.4 Å². The Bertz CT molecular complexity index is 883. The number of carboxylic acids is 1. The van der Waals surface area contributed by atoms with Gasteiger partial charge >= 0.3 is 5.97 Å². The van der Waals surface area contributed by atoms with E-state index in [2.05, 4.69) is 34.7 Å². The lowest BCUT2D eigenvalue weighted by Crippen LogP contribution is -2.28. The lowest BCUT2D eigenvalue weighted by atomic mass is 9.92. The highest BCUT2D eigenvalue weighted by atomic mass is 35.5. The molecule has 130 valence electrons. The molecule has 6 heteroatoms. The van der Waals surface area contributed by atoms with Crippen molar-refractivity contribution >= 4 is 29.3 Å². The van der Waals surface area contributed by atoms with E-state index in [1.807, 2.05) is 12.3 Å². The molecule has 1 saturated heterocycles. The van der Waals surface area contributed by atoms with Gasteiger partial charge in [0.05, 0.1) is 11.3 Å². The smallest absolute Gasteiger partial charge is 0.337 e. The number of hydrogen-bond acceptors (Lipinski definition) is 3. The third-order valence-corrected chi connectivity index (χ3v) is 4.69. The molecule has 5 nitrogen and oxygen atoms in total. The highest BCUT2D eigenvalue weighted by molar-refractivity contribution is 6.01. The fourth-order valence-corrected chi connectivity index (χ4v) is 3.39. The number of carboxylic acid groups (broad SMARTS) is 1. The van der Waals surface area contributed by atoms with Crippen LogP contribution in [-0.2, 0) is 0 Å². The van der Waals surface area contributed by atoms with Gasteiger partial charge in [0.2, 0.25) is 0 Å². The Kier molecular flexibility index (Phi) is 5.06. The zero-order valence-corrected chi connectivity index (χ0v) is 14.5. The SMILES string of the molecule is Cl.O=C(O)c1cccc2cn(-c3ccc([C@@H]4CCCNC4)cc3)nc12. The van der Waals surface area contributed by atoms with Crippen molar-refractivity contribution in [2.75, 3.05) is 13.1 Å². The summed E-state index contributed by atoms with van der Waals surface area (Å²) in [5.41, 5.74) is 3.03. The molecule has 0 bridgehead atoms. The van der Waals surface area contributed by atoms with Crippen molar-refractivity contribution in [3.8, 4) is 5.69 Å². The maximum Gasteiger partial charge on any atom is 0.337 e. The van der Waals surface area contributed by atoms with Crippen molar-refractivity contribution in [2.45, 2.75) is 18.8 Å². The van der Waals surface area contributed by atoms with E-state index in [0.29, 0.717) is 11.4 Å². The average Bonchev–Trinajstić information content (AvgIpc) is 3.06. The number of aromatic nitrogens is 2. The second kappa shape index (κ2) is 7.25. The summed E-state index contributed by atoms with van der Waals surface area (Å²) in [6.07, 6.45) is 4.31.